The van der Waals surface area contributed by atoms with Gasteiger partial charge < -0.3 is 4.74 Å². The molecule has 0 radical (unpaired) electrons. The molecule has 0 N–H and O–H groups in total. The van der Waals surface area contributed by atoms with E-state index in [-0.39, 0.29) is 0 Å². The molecule has 0 atom stereocenters. The van der Waals surface area contributed by atoms with Gasteiger partial charge in [-0.15, -0.1) is 11.3 Å². The average Bonchev–Trinajstić information content (AvgIpc) is 3.09. The molecule has 23 heavy (non-hydrogen) atoms. The van der Waals surface area contributed by atoms with Crippen molar-refractivity contribution in [3.63, 3.8) is 0 Å². The Morgan fingerprint density at radius 2 is 2.04 bits per heavy atom. The standard InChI is InChI=1S/C18H19N3OS/c1-4-22-14-7-5-13(6-8-14)17-15(9-10-19)21-16(12(2)3)11-23-18(21)20-17/h5-8,11-12H,4,9H2,1-3H3. The van der Waals surface area contributed by atoms with Crippen LogP contribution in [-0.2, 0) is 6.42 Å². The number of hydrogen-bond acceptors (Lipinski definition) is 4. The number of thiazole rings is 1. The first-order valence-corrected chi connectivity index (χ1v) is 8.62. The first-order chi connectivity index (χ1) is 11.2. The molecule has 3 rings (SSSR count). The maximum Gasteiger partial charge on any atom is 0.194 e. The molecule has 5 heteroatoms. The molecule has 0 bridgehead atoms. The van der Waals surface area contributed by atoms with Crippen molar-refractivity contribution in [2.24, 2.45) is 0 Å². The van der Waals surface area contributed by atoms with E-state index in [1.807, 2.05) is 31.2 Å². The summed E-state index contributed by atoms with van der Waals surface area (Å²) in [5.74, 6) is 1.24. The number of ether oxygens (including phenoxy) is 1. The molecule has 118 valence electrons. The van der Waals surface area contributed by atoms with Crippen LogP contribution in [0.1, 0.15) is 38.1 Å². The predicted octanol–water partition coefficient (Wildman–Crippen LogP) is 4.65. The summed E-state index contributed by atoms with van der Waals surface area (Å²) in [5, 5.41) is 11.4. The van der Waals surface area contributed by atoms with Crippen LogP contribution in [0, 0.1) is 11.3 Å². The van der Waals surface area contributed by atoms with Crippen molar-refractivity contribution in [2.75, 3.05) is 6.61 Å². The molecule has 0 aliphatic carbocycles. The van der Waals surface area contributed by atoms with Gasteiger partial charge in [0.25, 0.3) is 0 Å². The minimum Gasteiger partial charge on any atom is -0.494 e. The lowest BCUT2D eigenvalue weighted by Crippen LogP contribution is -1.99. The van der Waals surface area contributed by atoms with Crippen LogP contribution in [0.15, 0.2) is 29.6 Å². The predicted molar refractivity (Wildman–Crippen MR) is 93.1 cm³/mol. The second kappa shape index (κ2) is 6.43. The smallest absolute Gasteiger partial charge is 0.194 e. The van der Waals surface area contributed by atoms with Crippen LogP contribution >= 0.6 is 11.3 Å². The third kappa shape index (κ3) is 2.82. The molecule has 0 spiro atoms. The minimum absolute atomic E-state index is 0.347. The van der Waals surface area contributed by atoms with E-state index in [0.717, 1.165) is 27.7 Å². The fourth-order valence-corrected chi connectivity index (χ4v) is 3.75. The summed E-state index contributed by atoms with van der Waals surface area (Å²) in [6.07, 6.45) is 0.347. The number of imidazole rings is 1. The first kappa shape index (κ1) is 15.6. The molecule has 0 fully saturated rings. The molecule has 0 aliphatic rings. The van der Waals surface area contributed by atoms with Gasteiger partial charge in [-0.3, -0.25) is 4.40 Å². The van der Waals surface area contributed by atoms with Crippen molar-refractivity contribution in [1.82, 2.24) is 9.38 Å². The fourth-order valence-electron chi connectivity index (χ4n) is 2.68. The zero-order chi connectivity index (χ0) is 16.4. The van der Waals surface area contributed by atoms with E-state index in [9.17, 15) is 5.26 Å². The van der Waals surface area contributed by atoms with Crippen LogP contribution in [0.5, 0.6) is 5.75 Å². The van der Waals surface area contributed by atoms with E-state index in [2.05, 4.69) is 29.7 Å². The lowest BCUT2D eigenvalue weighted by molar-refractivity contribution is 0.340. The molecular weight excluding hydrogens is 306 g/mol. The Kier molecular flexibility index (Phi) is 4.35. The average molecular weight is 325 g/mol. The van der Waals surface area contributed by atoms with Gasteiger partial charge in [0.15, 0.2) is 4.96 Å². The molecule has 2 aromatic heterocycles. The van der Waals surface area contributed by atoms with Crippen molar-refractivity contribution in [1.29, 1.82) is 5.26 Å². The van der Waals surface area contributed by atoms with E-state index in [1.54, 1.807) is 11.3 Å². The van der Waals surface area contributed by atoms with Gasteiger partial charge >= 0.3 is 0 Å². The van der Waals surface area contributed by atoms with Gasteiger partial charge in [-0.1, -0.05) is 13.8 Å². The molecule has 0 saturated carbocycles. The Hall–Kier alpha value is -2.32. The van der Waals surface area contributed by atoms with E-state index in [4.69, 9.17) is 9.72 Å². The number of nitrogens with zero attached hydrogens (tertiary/aromatic N) is 3. The number of benzene rings is 1. The fraction of sp³-hybridized carbons (Fsp3) is 0.333. The second-order valence-electron chi connectivity index (χ2n) is 5.63. The summed E-state index contributed by atoms with van der Waals surface area (Å²) >= 11 is 1.63. The molecule has 0 unspecified atom stereocenters. The summed E-state index contributed by atoms with van der Waals surface area (Å²) < 4.78 is 7.64. The van der Waals surface area contributed by atoms with Gasteiger partial charge in [0.2, 0.25) is 0 Å². The summed E-state index contributed by atoms with van der Waals surface area (Å²) in [7, 11) is 0. The Morgan fingerprint density at radius 3 is 2.65 bits per heavy atom. The topological polar surface area (TPSA) is 50.3 Å². The Balaban J connectivity index is 2.13. The Bertz CT molecular complexity index is 853. The molecule has 0 aliphatic heterocycles. The van der Waals surface area contributed by atoms with Gasteiger partial charge in [0.1, 0.15) is 5.75 Å². The Morgan fingerprint density at radius 1 is 1.30 bits per heavy atom. The molecular formula is C18H19N3OS. The summed E-state index contributed by atoms with van der Waals surface area (Å²) in [5.41, 5.74) is 4.09. The highest BCUT2D eigenvalue weighted by Gasteiger charge is 2.19. The molecule has 3 aromatic rings. The van der Waals surface area contributed by atoms with Gasteiger partial charge in [-0.05, 0) is 37.1 Å². The van der Waals surface area contributed by atoms with E-state index < -0.39 is 0 Å². The summed E-state index contributed by atoms with van der Waals surface area (Å²) in [6, 6.07) is 10.2. The molecule has 4 nitrogen and oxygen atoms in total. The number of nitriles is 1. The van der Waals surface area contributed by atoms with Crippen molar-refractivity contribution in [2.45, 2.75) is 33.1 Å². The van der Waals surface area contributed by atoms with Crippen LogP contribution in [0.4, 0.5) is 0 Å². The highest BCUT2D eigenvalue weighted by atomic mass is 32.1. The lowest BCUT2D eigenvalue weighted by atomic mass is 10.1. The second-order valence-corrected chi connectivity index (χ2v) is 6.47. The van der Waals surface area contributed by atoms with Gasteiger partial charge in [-0.2, -0.15) is 5.26 Å². The number of fused-ring (bicyclic) bond motifs is 1. The quantitative estimate of drug-likeness (QED) is 0.686. The number of hydrogen-bond donors (Lipinski definition) is 0. The monoisotopic (exact) mass is 325 g/mol. The van der Waals surface area contributed by atoms with Gasteiger partial charge in [-0.25, -0.2) is 4.98 Å². The van der Waals surface area contributed by atoms with Crippen molar-refractivity contribution >= 4 is 16.3 Å². The van der Waals surface area contributed by atoms with Crippen LogP contribution in [0.3, 0.4) is 0 Å². The molecule has 0 saturated heterocycles. The van der Waals surface area contributed by atoms with Gasteiger partial charge in [0.05, 0.1) is 30.5 Å². The van der Waals surface area contributed by atoms with E-state index in [1.165, 1.54) is 5.69 Å². The maximum atomic E-state index is 9.24. The third-order valence-electron chi connectivity index (χ3n) is 3.76. The lowest BCUT2D eigenvalue weighted by Gasteiger charge is -2.07. The SMILES string of the molecule is CCOc1ccc(-c2nc3scc(C(C)C)n3c2CC#N)cc1. The zero-order valence-corrected chi connectivity index (χ0v) is 14.4. The van der Waals surface area contributed by atoms with E-state index >= 15 is 0 Å². The maximum absolute atomic E-state index is 9.24. The van der Waals surface area contributed by atoms with Crippen LogP contribution in [-0.4, -0.2) is 16.0 Å². The normalized spacial score (nSPS) is 11.1. The summed E-state index contributed by atoms with van der Waals surface area (Å²) in [4.78, 5) is 5.72. The third-order valence-corrected chi connectivity index (χ3v) is 4.61. The highest BCUT2D eigenvalue weighted by Crippen LogP contribution is 2.32. The van der Waals surface area contributed by atoms with Crippen molar-refractivity contribution in [3.8, 4) is 23.1 Å². The molecule has 0 amide bonds. The summed E-state index contributed by atoms with van der Waals surface area (Å²) in [6.45, 7) is 6.94. The van der Waals surface area contributed by atoms with Crippen LogP contribution in [0.25, 0.3) is 16.2 Å². The minimum atomic E-state index is 0.347. The van der Waals surface area contributed by atoms with Crippen molar-refractivity contribution < 1.29 is 4.74 Å². The van der Waals surface area contributed by atoms with Crippen LogP contribution in [0.2, 0.25) is 0 Å². The van der Waals surface area contributed by atoms with Crippen molar-refractivity contribution in [3.05, 3.63) is 41.0 Å². The molecule has 1 aromatic carbocycles. The first-order valence-electron chi connectivity index (χ1n) is 7.74. The number of aromatic nitrogens is 2. The van der Waals surface area contributed by atoms with Gasteiger partial charge in [0, 0.05) is 16.6 Å². The zero-order valence-electron chi connectivity index (χ0n) is 13.5. The number of rotatable bonds is 5. The molecule has 2 heterocycles. The Labute approximate surface area is 140 Å². The highest BCUT2D eigenvalue weighted by molar-refractivity contribution is 7.15. The largest absolute Gasteiger partial charge is 0.494 e. The van der Waals surface area contributed by atoms with E-state index in [0.29, 0.717) is 18.9 Å². The van der Waals surface area contributed by atoms with Crippen LogP contribution < -0.4 is 4.74 Å².